The standard InChI is InChI=1S/C14H12F3N3O/c15-9-1-4-13(12(17)6-9)20-14(21)19-10-2-3-11(16)8(5-10)7-18/h1-6H,7,18H2,(H2,19,20,21). The Morgan fingerprint density at radius 2 is 1.76 bits per heavy atom. The summed E-state index contributed by atoms with van der Waals surface area (Å²) in [6, 6.07) is 5.90. The summed E-state index contributed by atoms with van der Waals surface area (Å²) in [5.41, 5.74) is 5.72. The average molecular weight is 295 g/mol. The molecule has 0 radical (unpaired) electrons. The molecule has 0 aliphatic carbocycles. The van der Waals surface area contributed by atoms with Gasteiger partial charge in [-0.15, -0.1) is 0 Å². The van der Waals surface area contributed by atoms with Gasteiger partial charge in [0.25, 0.3) is 0 Å². The van der Waals surface area contributed by atoms with Crippen molar-refractivity contribution in [2.24, 2.45) is 5.73 Å². The summed E-state index contributed by atoms with van der Waals surface area (Å²) in [6.07, 6.45) is 0. The number of hydrogen-bond acceptors (Lipinski definition) is 2. The van der Waals surface area contributed by atoms with Crippen LogP contribution < -0.4 is 16.4 Å². The number of anilines is 2. The molecule has 0 bridgehead atoms. The highest BCUT2D eigenvalue weighted by Crippen LogP contribution is 2.17. The van der Waals surface area contributed by atoms with E-state index in [1.54, 1.807) is 0 Å². The highest BCUT2D eigenvalue weighted by atomic mass is 19.1. The fraction of sp³-hybridized carbons (Fsp3) is 0.0714. The van der Waals surface area contributed by atoms with E-state index in [1.165, 1.54) is 12.1 Å². The third kappa shape index (κ3) is 3.73. The maximum atomic E-state index is 13.4. The molecule has 7 heteroatoms. The van der Waals surface area contributed by atoms with Crippen LogP contribution in [0, 0.1) is 17.5 Å². The second-order valence-corrected chi connectivity index (χ2v) is 4.21. The molecule has 0 heterocycles. The Kier molecular flexibility index (Phi) is 4.44. The molecular weight excluding hydrogens is 283 g/mol. The summed E-state index contributed by atoms with van der Waals surface area (Å²) in [5.74, 6) is -2.12. The molecular formula is C14H12F3N3O. The molecule has 2 aromatic rings. The van der Waals surface area contributed by atoms with Crippen LogP contribution in [0.4, 0.5) is 29.3 Å². The molecule has 0 fully saturated rings. The van der Waals surface area contributed by atoms with Crippen molar-refractivity contribution in [1.29, 1.82) is 0 Å². The van der Waals surface area contributed by atoms with Gasteiger partial charge in [0.05, 0.1) is 5.69 Å². The fourth-order valence-corrected chi connectivity index (χ4v) is 1.68. The van der Waals surface area contributed by atoms with Crippen molar-refractivity contribution in [1.82, 2.24) is 0 Å². The van der Waals surface area contributed by atoms with Gasteiger partial charge in [-0.3, -0.25) is 0 Å². The van der Waals surface area contributed by atoms with Crippen molar-refractivity contribution in [2.75, 3.05) is 10.6 Å². The van der Waals surface area contributed by atoms with Crippen molar-refractivity contribution >= 4 is 17.4 Å². The summed E-state index contributed by atoms with van der Waals surface area (Å²) in [6.45, 7) is -0.0183. The maximum Gasteiger partial charge on any atom is 0.323 e. The molecule has 4 N–H and O–H groups in total. The van der Waals surface area contributed by atoms with Gasteiger partial charge in [-0.25, -0.2) is 18.0 Å². The lowest BCUT2D eigenvalue weighted by Gasteiger charge is -2.09. The third-order valence-corrected chi connectivity index (χ3v) is 2.70. The van der Waals surface area contributed by atoms with Crippen LogP contribution in [0.5, 0.6) is 0 Å². The minimum Gasteiger partial charge on any atom is -0.326 e. The summed E-state index contributed by atoms with van der Waals surface area (Å²) in [4.78, 5) is 11.7. The van der Waals surface area contributed by atoms with Gasteiger partial charge in [-0.05, 0) is 30.3 Å². The van der Waals surface area contributed by atoms with Crippen molar-refractivity contribution in [3.05, 3.63) is 59.4 Å². The summed E-state index contributed by atoms with van der Waals surface area (Å²) in [5, 5.41) is 4.62. The van der Waals surface area contributed by atoms with Crippen LogP contribution >= 0.6 is 0 Å². The molecule has 0 atom stereocenters. The van der Waals surface area contributed by atoms with Crippen LogP contribution in [0.1, 0.15) is 5.56 Å². The molecule has 0 aromatic heterocycles. The molecule has 2 rings (SSSR count). The topological polar surface area (TPSA) is 67.1 Å². The molecule has 2 amide bonds. The van der Waals surface area contributed by atoms with E-state index in [4.69, 9.17) is 5.73 Å². The van der Waals surface area contributed by atoms with Gasteiger partial charge in [-0.2, -0.15) is 0 Å². The summed E-state index contributed by atoms with van der Waals surface area (Å²) >= 11 is 0. The monoisotopic (exact) mass is 295 g/mol. The van der Waals surface area contributed by atoms with Crippen LogP contribution in [-0.4, -0.2) is 6.03 Å². The van der Waals surface area contributed by atoms with Gasteiger partial charge < -0.3 is 16.4 Å². The predicted molar refractivity (Wildman–Crippen MR) is 73.3 cm³/mol. The number of nitrogens with two attached hydrogens (primary N) is 1. The molecule has 0 saturated carbocycles. The lowest BCUT2D eigenvalue weighted by Crippen LogP contribution is -2.20. The number of carbonyl (C=O) groups excluding carboxylic acids is 1. The number of amides is 2. The first-order chi connectivity index (χ1) is 9.99. The Balaban J connectivity index is 2.08. The van der Waals surface area contributed by atoms with Crippen molar-refractivity contribution in [2.45, 2.75) is 6.54 Å². The van der Waals surface area contributed by atoms with Crippen LogP contribution in [0.25, 0.3) is 0 Å². The maximum absolute atomic E-state index is 13.4. The Labute approximate surface area is 118 Å². The van der Waals surface area contributed by atoms with Crippen molar-refractivity contribution in [3.63, 3.8) is 0 Å². The lowest BCUT2D eigenvalue weighted by atomic mass is 10.2. The molecule has 0 saturated heterocycles. The van der Waals surface area contributed by atoms with Gasteiger partial charge >= 0.3 is 6.03 Å². The second-order valence-electron chi connectivity index (χ2n) is 4.21. The van der Waals surface area contributed by atoms with Crippen LogP contribution in [0.2, 0.25) is 0 Å². The lowest BCUT2D eigenvalue weighted by molar-refractivity contribution is 0.262. The SMILES string of the molecule is NCc1cc(NC(=O)Nc2ccc(F)cc2F)ccc1F. The van der Waals surface area contributed by atoms with Crippen molar-refractivity contribution in [3.8, 4) is 0 Å². The Bertz CT molecular complexity index is 677. The van der Waals surface area contributed by atoms with Gasteiger partial charge in [0.2, 0.25) is 0 Å². The number of nitrogens with one attached hydrogen (secondary N) is 2. The van der Waals surface area contributed by atoms with E-state index < -0.39 is 23.5 Å². The Morgan fingerprint density at radius 1 is 1.00 bits per heavy atom. The van der Waals surface area contributed by atoms with Crippen LogP contribution in [0.15, 0.2) is 36.4 Å². The highest BCUT2D eigenvalue weighted by Gasteiger charge is 2.09. The van der Waals surface area contributed by atoms with Crippen molar-refractivity contribution < 1.29 is 18.0 Å². The number of halogens is 3. The minimum atomic E-state index is -0.896. The number of hydrogen-bond donors (Lipinski definition) is 3. The van der Waals surface area contributed by atoms with E-state index in [2.05, 4.69) is 10.6 Å². The normalized spacial score (nSPS) is 10.3. The first kappa shape index (κ1) is 14.9. The molecule has 0 aliphatic rings. The van der Waals surface area contributed by atoms with E-state index in [0.29, 0.717) is 11.8 Å². The molecule has 2 aromatic carbocycles. The zero-order valence-electron chi connectivity index (χ0n) is 10.8. The molecule has 0 aliphatic heterocycles. The number of carbonyl (C=O) groups is 1. The molecule has 0 unspecified atom stereocenters. The zero-order valence-corrected chi connectivity index (χ0v) is 10.8. The van der Waals surface area contributed by atoms with Crippen LogP contribution in [0.3, 0.4) is 0 Å². The molecule has 21 heavy (non-hydrogen) atoms. The summed E-state index contributed by atoms with van der Waals surface area (Å²) < 4.78 is 39.4. The average Bonchev–Trinajstić information content (AvgIpc) is 2.44. The Hall–Kier alpha value is -2.54. The Morgan fingerprint density at radius 3 is 2.43 bits per heavy atom. The first-order valence-corrected chi connectivity index (χ1v) is 6.01. The molecule has 4 nitrogen and oxygen atoms in total. The molecule has 110 valence electrons. The van der Waals surface area contributed by atoms with Gasteiger partial charge in [0, 0.05) is 23.9 Å². The van der Waals surface area contributed by atoms with E-state index in [-0.39, 0.29) is 17.8 Å². The van der Waals surface area contributed by atoms with E-state index in [0.717, 1.165) is 18.2 Å². The minimum absolute atomic E-state index is 0.0183. The zero-order chi connectivity index (χ0) is 15.4. The van der Waals surface area contributed by atoms with Crippen LogP contribution in [-0.2, 0) is 6.54 Å². The smallest absolute Gasteiger partial charge is 0.323 e. The van der Waals surface area contributed by atoms with E-state index in [9.17, 15) is 18.0 Å². The van der Waals surface area contributed by atoms with E-state index in [1.807, 2.05) is 0 Å². The fourth-order valence-electron chi connectivity index (χ4n) is 1.68. The predicted octanol–water partition coefficient (Wildman–Crippen LogP) is 3.21. The number of rotatable bonds is 3. The molecule has 0 spiro atoms. The number of benzene rings is 2. The van der Waals surface area contributed by atoms with Gasteiger partial charge in [-0.1, -0.05) is 0 Å². The second kappa shape index (κ2) is 6.27. The van der Waals surface area contributed by atoms with Gasteiger partial charge in [0.1, 0.15) is 17.5 Å². The summed E-state index contributed by atoms with van der Waals surface area (Å²) in [7, 11) is 0. The van der Waals surface area contributed by atoms with Gasteiger partial charge in [0.15, 0.2) is 0 Å². The number of urea groups is 1. The highest BCUT2D eigenvalue weighted by molar-refractivity contribution is 5.99. The largest absolute Gasteiger partial charge is 0.326 e. The van der Waals surface area contributed by atoms with E-state index >= 15 is 0 Å². The third-order valence-electron chi connectivity index (χ3n) is 2.70. The first-order valence-electron chi connectivity index (χ1n) is 6.01. The quantitative estimate of drug-likeness (QED) is 0.814.